The number of ether oxygens (including phenoxy) is 1. The van der Waals surface area contributed by atoms with Crippen molar-refractivity contribution in [3.63, 3.8) is 0 Å². The fraction of sp³-hybridized carbons (Fsp3) is 0.350. The van der Waals surface area contributed by atoms with Gasteiger partial charge in [-0.2, -0.15) is 0 Å². The maximum absolute atomic E-state index is 10.7. The van der Waals surface area contributed by atoms with Gasteiger partial charge in [-0.1, -0.05) is 43.6 Å². The van der Waals surface area contributed by atoms with Crippen LogP contribution in [0.15, 0.2) is 42.5 Å². The van der Waals surface area contributed by atoms with Crippen LogP contribution in [0.2, 0.25) is 5.02 Å². The van der Waals surface area contributed by atoms with E-state index in [1.165, 1.54) is 5.56 Å². The number of benzene rings is 2. The van der Waals surface area contributed by atoms with Crippen LogP contribution in [0.4, 0.5) is 0 Å². The van der Waals surface area contributed by atoms with E-state index in [-0.39, 0.29) is 17.9 Å². The van der Waals surface area contributed by atoms with E-state index < -0.39 is 5.97 Å². The molecule has 24 heavy (non-hydrogen) atoms. The Labute approximate surface area is 147 Å². The molecule has 0 bridgehead atoms. The molecule has 126 valence electrons. The zero-order chi connectivity index (χ0) is 17.3. The Kier molecular flexibility index (Phi) is 4.55. The van der Waals surface area contributed by atoms with E-state index in [1.54, 1.807) is 0 Å². The fourth-order valence-corrected chi connectivity index (χ4v) is 3.50. The summed E-state index contributed by atoms with van der Waals surface area (Å²) in [5.41, 5.74) is 3.43. The topological polar surface area (TPSA) is 46.5 Å². The summed E-state index contributed by atoms with van der Waals surface area (Å²) in [6.07, 6.45) is 1.59. The standard InChI is InChI=1S/C20H21ClO3/c1-20(2)12-14-6-7-15(21)11-17(14)19(20)24-16-8-3-13(4-9-16)5-10-18(22)23/h3-4,6-9,11,19H,5,10,12H2,1-2H3,(H,22,23). The maximum Gasteiger partial charge on any atom is 0.303 e. The van der Waals surface area contributed by atoms with Gasteiger partial charge in [-0.3, -0.25) is 4.79 Å². The molecular weight excluding hydrogens is 324 g/mol. The first-order valence-electron chi connectivity index (χ1n) is 8.11. The Morgan fingerprint density at radius 2 is 1.96 bits per heavy atom. The van der Waals surface area contributed by atoms with E-state index in [1.807, 2.05) is 36.4 Å². The van der Waals surface area contributed by atoms with Crippen molar-refractivity contribution in [2.45, 2.75) is 39.2 Å². The van der Waals surface area contributed by atoms with E-state index in [9.17, 15) is 4.79 Å². The second-order valence-corrected chi connectivity index (χ2v) is 7.48. The lowest BCUT2D eigenvalue weighted by atomic mass is 9.87. The molecule has 0 spiro atoms. The Morgan fingerprint density at radius 3 is 2.62 bits per heavy atom. The van der Waals surface area contributed by atoms with E-state index in [4.69, 9.17) is 21.4 Å². The van der Waals surface area contributed by atoms with Crippen LogP contribution in [0.5, 0.6) is 5.75 Å². The van der Waals surface area contributed by atoms with Crippen molar-refractivity contribution in [1.29, 1.82) is 0 Å². The van der Waals surface area contributed by atoms with Gasteiger partial charge >= 0.3 is 5.97 Å². The number of rotatable bonds is 5. The third-order valence-electron chi connectivity index (χ3n) is 4.55. The minimum absolute atomic E-state index is 0.00497. The zero-order valence-electron chi connectivity index (χ0n) is 13.9. The molecular formula is C20H21ClO3. The number of halogens is 1. The van der Waals surface area contributed by atoms with Crippen molar-refractivity contribution >= 4 is 17.6 Å². The normalized spacial score (nSPS) is 18.2. The number of carboxylic acid groups (broad SMARTS) is 1. The largest absolute Gasteiger partial charge is 0.485 e. The Morgan fingerprint density at radius 1 is 1.25 bits per heavy atom. The molecule has 4 heteroatoms. The summed E-state index contributed by atoms with van der Waals surface area (Å²) in [7, 11) is 0. The van der Waals surface area contributed by atoms with E-state index in [2.05, 4.69) is 19.9 Å². The number of fused-ring (bicyclic) bond motifs is 1. The molecule has 1 atom stereocenters. The number of aliphatic carboxylic acids is 1. The van der Waals surface area contributed by atoms with Gasteiger partial charge in [0.1, 0.15) is 11.9 Å². The first kappa shape index (κ1) is 16.8. The predicted molar refractivity (Wildman–Crippen MR) is 94.7 cm³/mol. The zero-order valence-corrected chi connectivity index (χ0v) is 14.6. The summed E-state index contributed by atoms with van der Waals surface area (Å²) in [4.78, 5) is 10.7. The molecule has 1 unspecified atom stereocenters. The van der Waals surface area contributed by atoms with Gasteiger partial charge in [0.25, 0.3) is 0 Å². The van der Waals surface area contributed by atoms with Gasteiger partial charge in [-0.15, -0.1) is 0 Å². The molecule has 1 N–H and O–H groups in total. The van der Waals surface area contributed by atoms with Crippen LogP contribution in [0.3, 0.4) is 0 Å². The Hall–Kier alpha value is -2.00. The Balaban J connectivity index is 1.78. The first-order chi connectivity index (χ1) is 11.3. The molecule has 2 aromatic rings. The highest BCUT2D eigenvalue weighted by Gasteiger charge is 2.40. The average Bonchev–Trinajstić information content (AvgIpc) is 2.77. The summed E-state index contributed by atoms with van der Waals surface area (Å²) in [6, 6.07) is 13.7. The van der Waals surface area contributed by atoms with Gasteiger partial charge in [0.05, 0.1) is 0 Å². The van der Waals surface area contributed by atoms with Gasteiger partial charge in [0.15, 0.2) is 0 Å². The molecule has 0 aliphatic heterocycles. The second-order valence-electron chi connectivity index (χ2n) is 7.04. The van der Waals surface area contributed by atoms with Crippen LogP contribution in [-0.2, 0) is 17.6 Å². The van der Waals surface area contributed by atoms with E-state index in [0.29, 0.717) is 6.42 Å². The van der Waals surface area contributed by atoms with Crippen molar-refractivity contribution in [2.75, 3.05) is 0 Å². The van der Waals surface area contributed by atoms with Crippen molar-refractivity contribution in [3.05, 3.63) is 64.2 Å². The molecule has 0 saturated carbocycles. The van der Waals surface area contributed by atoms with Crippen molar-refractivity contribution in [1.82, 2.24) is 0 Å². The quantitative estimate of drug-likeness (QED) is 0.824. The molecule has 3 rings (SSSR count). The molecule has 0 amide bonds. The summed E-state index contributed by atoms with van der Waals surface area (Å²) in [6.45, 7) is 4.40. The number of aryl methyl sites for hydroxylation is 1. The lowest BCUT2D eigenvalue weighted by molar-refractivity contribution is -0.136. The van der Waals surface area contributed by atoms with Crippen molar-refractivity contribution in [2.24, 2.45) is 5.41 Å². The maximum atomic E-state index is 10.7. The minimum Gasteiger partial charge on any atom is -0.485 e. The van der Waals surface area contributed by atoms with E-state index >= 15 is 0 Å². The molecule has 1 aliphatic rings. The van der Waals surface area contributed by atoms with Crippen LogP contribution >= 0.6 is 11.6 Å². The molecule has 1 aliphatic carbocycles. The number of hydrogen-bond acceptors (Lipinski definition) is 2. The Bertz CT molecular complexity index is 750. The first-order valence-corrected chi connectivity index (χ1v) is 8.49. The summed E-state index contributed by atoms with van der Waals surface area (Å²) < 4.78 is 6.28. The summed E-state index contributed by atoms with van der Waals surface area (Å²) in [5, 5.41) is 9.48. The monoisotopic (exact) mass is 344 g/mol. The summed E-state index contributed by atoms with van der Waals surface area (Å²) in [5.74, 6) is 0.0106. The van der Waals surface area contributed by atoms with Gasteiger partial charge in [-0.25, -0.2) is 0 Å². The molecule has 0 saturated heterocycles. The molecule has 2 aromatic carbocycles. The third-order valence-corrected chi connectivity index (χ3v) is 4.79. The molecule has 3 nitrogen and oxygen atoms in total. The fourth-order valence-electron chi connectivity index (χ4n) is 3.32. The van der Waals surface area contributed by atoms with Crippen LogP contribution < -0.4 is 4.74 Å². The SMILES string of the molecule is CC1(C)Cc2ccc(Cl)cc2C1Oc1ccc(CCC(=O)O)cc1. The van der Waals surface area contributed by atoms with Gasteiger partial charge in [0.2, 0.25) is 0 Å². The number of carbonyl (C=O) groups is 1. The molecule has 0 fully saturated rings. The molecule has 0 radical (unpaired) electrons. The number of hydrogen-bond donors (Lipinski definition) is 1. The lowest BCUT2D eigenvalue weighted by Gasteiger charge is -2.28. The van der Waals surface area contributed by atoms with Crippen LogP contribution in [-0.4, -0.2) is 11.1 Å². The van der Waals surface area contributed by atoms with E-state index in [0.717, 1.165) is 28.3 Å². The van der Waals surface area contributed by atoms with Gasteiger partial charge < -0.3 is 9.84 Å². The smallest absolute Gasteiger partial charge is 0.303 e. The van der Waals surface area contributed by atoms with Crippen LogP contribution in [0.25, 0.3) is 0 Å². The predicted octanol–water partition coefficient (Wildman–Crippen LogP) is 5.06. The lowest BCUT2D eigenvalue weighted by Crippen LogP contribution is -2.22. The molecule has 0 heterocycles. The minimum atomic E-state index is -0.781. The van der Waals surface area contributed by atoms with Crippen molar-refractivity contribution < 1.29 is 14.6 Å². The highest BCUT2D eigenvalue weighted by Crippen LogP contribution is 2.48. The second kappa shape index (κ2) is 6.48. The highest BCUT2D eigenvalue weighted by atomic mass is 35.5. The highest BCUT2D eigenvalue weighted by molar-refractivity contribution is 6.30. The van der Waals surface area contributed by atoms with Crippen LogP contribution in [0.1, 0.15) is 43.1 Å². The summed E-state index contributed by atoms with van der Waals surface area (Å²) >= 11 is 6.16. The molecule has 0 aromatic heterocycles. The van der Waals surface area contributed by atoms with Gasteiger partial charge in [0, 0.05) is 16.9 Å². The third kappa shape index (κ3) is 3.57. The average molecular weight is 345 g/mol. The number of carboxylic acids is 1. The van der Waals surface area contributed by atoms with Crippen molar-refractivity contribution in [3.8, 4) is 5.75 Å². The van der Waals surface area contributed by atoms with Crippen LogP contribution in [0, 0.1) is 5.41 Å². The van der Waals surface area contributed by atoms with Gasteiger partial charge in [-0.05, 0) is 53.8 Å².